The lowest BCUT2D eigenvalue weighted by Crippen LogP contribution is -2.43. The average molecular weight is 833 g/mol. The van der Waals surface area contributed by atoms with Crippen LogP contribution in [0.5, 0.6) is 0 Å². The van der Waals surface area contributed by atoms with Gasteiger partial charge in [-0.05, 0) is 75.5 Å². The molecule has 1 saturated heterocycles. The van der Waals surface area contributed by atoms with Crippen molar-refractivity contribution >= 4 is 33.1 Å². The predicted octanol–water partition coefficient (Wildman–Crippen LogP) is 14.0. The molecule has 6 heteroatoms. The average Bonchev–Trinajstić information content (AvgIpc) is 3.30. The summed E-state index contributed by atoms with van der Waals surface area (Å²) < 4.78 is 14.2. The van der Waals surface area contributed by atoms with Gasteiger partial charge in [-0.25, -0.2) is 0 Å². The molecule has 62 heavy (non-hydrogen) atoms. The molecule has 0 aliphatic carbocycles. The second-order valence-corrected chi connectivity index (χ2v) is 17.6. The molecule has 6 aromatic rings. The number of amides is 1. The van der Waals surface area contributed by atoms with E-state index in [0.29, 0.717) is 13.0 Å². The van der Waals surface area contributed by atoms with E-state index in [1.807, 2.05) is 42.5 Å². The van der Waals surface area contributed by atoms with Crippen LogP contribution >= 0.6 is 0 Å². The molecule has 6 aromatic carbocycles. The number of aliphatic hydroxyl groups excluding tert-OH is 1. The fourth-order valence-electron chi connectivity index (χ4n) is 9.38. The van der Waals surface area contributed by atoms with Crippen LogP contribution in [0.1, 0.15) is 143 Å². The van der Waals surface area contributed by atoms with E-state index in [1.165, 1.54) is 97.7 Å². The number of nitrogens with zero attached hydrogens (tertiary/aromatic N) is 1. The van der Waals surface area contributed by atoms with Crippen molar-refractivity contribution in [1.29, 1.82) is 0 Å². The molecule has 1 aliphatic heterocycles. The highest BCUT2D eigenvalue weighted by molar-refractivity contribution is 6.02. The Balaban J connectivity index is 1.05. The molecule has 6 nitrogen and oxygen atoms in total. The number of rotatable bonds is 23. The molecule has 7 rings (SSSR count). The molecule has 2 N–H and O–H groups in total. The Morgan fingerprint density at radius 1 is 0.613 bits per heavy atom. The first-order valence-electron chi connectivity index (χ1n) is 23.5. The summed E-state index contributed by atoms with van der Waals surface area (Å²) in [5.41, 5.74) is 5.94. The summed E-state index contributed by atoms with van der Waals surface area (Å²) in [6.45, 7) is 3.65. The minimum Gasteiger partial charge on any atom is -0.392 e. The van der Waals surface area contributed by atoms with Gasteiger partial charge in [0, 0.05) is 36.7 Å². The summed E-state index contributed by atoms with van der Waals surface area (Å²) >= 11 is 0. The zero-order valence-electron chi connectivity index (χ0n) is 37.2. The van der Waals surface area contributed by atoms with Gasteiger partial charge in [0.2, 0.25) is 5.91 Å². The number of unbranched alkanes of at least 4 members (excludes halogenated alkanes) is 12. The summed E-state index contributed by atoms with van der Waals surface area (Å²) in [6.07, 6.45) is 15.9. The van der Waals surface area contributed by atoms with Gasteiger partial charge in [0.25, 0.3) is 0 Å². The largest absolute Gasteiger partial charge is 0.392 e. The summed E-state index contributed by atoms with van der Waals surface area (Å²) in [6, 6.07) is 46.3. The molecular weight excluding hydrogens is 765 g/mol. The Labute approximate surface area is 370 Å². The summed E-state index contributed by atoms with van der Waals surface area (Å²) in [7, 11) is 2.19. The molecule has 1 amide bonds. The third-order valence-electron chi connectivity index (χ3n) is 12.7. The van der Waals surface area contributed by atoms with Crippen molar-refractivity contribution in [2.45, 2.75) is 134 Å². The number of carbonyl (C=O) groups is 1. The van der Waals surface area contributed by atoms with Gasteiger partial charge in [0.1, 0.15) is 0 Å². The van der Waals surface area contributed by atoms with Crippen molar-refractivity contribution < 1.29 is 19.4 Å². The van der Waals surface area contributed by atoms with Gasteiger partial charge >= 0.3 is 0 Å². The van der Waals surface area contributed by atoms with Crippen molar-refractivity contribution in [1.82, 2.24) is 4.90 Å². The maximum Gasteiger partial charge on any atom is 0.224 e. The Morgan fingerprint density at radius 2 is 1.19 bits per heavy atom. The third-order valence-corrected chi connectivity index (χ3v) is 12.7. The van der Waals surface area contributed by atoms with Gasteiger partial charge in [-0.3, -0.25) is 9.69 Å². The Morgan fingerprint density at radius 3 is 1.82 bits per heavy atom. The van der Waals surface area contributed by atoms with Crippen LogP contribution in [0.15, 0.2) is 133 Å². The van der Waals surface area contributed by atoms with Gasteiger partial charge in [-0.15, -0.1) is 0 Å². The van der Waals surface area contributed by atoms with Gasteiger partial charge in [-0.1, -0.05) is 199 Å². The summed E-state index contributed by atoms with van der Waals surface area (Å²) in [4.78, 5) is 15.6. The van der Waals surface area contributed by atoms with E-state index in [0.717, 1.165) is 47.3 Å². The van der Waals surface area contributed by atoms with Crippen molar-refractivity contribution in [3.63, 3.8) is 0 Å². The van der Waals surface area contributed by atoms with Crippen LogP contribution in [0, 0.1) is 0 Å². The molecule has 0 radical (unpaired) electrons. The zero-order valence-corrected chi connectivity index (χ0v) is 37.2. The highest BCUT2D eigenvalue weighted by Crippen LogP contribution is 2.47. The maximum absolute atomic E-state index is 13.2. The second-order valence-electron chi connectivity index (χ2n) is 17.6. The lowest BCUT2D eigenvalue weighted by Gasteiger charge is -2.44. The molecule has 4 atom stereocenters. The molecule has 0 saturated carbocycles. The number of benzene rings is 6. The summed E-state index contributed by atoms with van der Waals surface area (Å²) in [5, 5.41) is 18.1. The van der Waals surface area contributed by atoms with Crippen LogP contribution in [0.2, 0.25) is 0 Å². The molecule has 1 aliphatic rings. The Hall–Kier alpha value is -4.85. The van der Waals surface area contributed by atoms with Crippen LogP contribution in [0.25, 0.3) is 21.5 Å². The number of ether oxygens (including phenoxy) is 2. The first-order chi connectivity index (χ1) is 30.5. The zero-order chi connectivity index (χ0) is 42.9. The smallest absolute Gasteiger partial charge is 0.224 e. The SMILES string of the molecule is CCCCCCCCCCCCCCCC(=O)Nc1cccc(C2OC(CN(C)Cc3c4ccccc4cc4ccccc34)C(c3ccccc3)C(c3ccc(CO)cc3)O2)c1. The highest BCUT2D eigenvalue weighted by Gasteiger charge is 2.42. The number of carbonyl (C=O) groups excluding carboxylic acids is 1. The van der Waals surface area contributed by atoms with E-state index >= 15 is 0 Å². The fraction of sp³-hybridized carbons (Fsp3) is 0.411. The van der Waals surface area contributed by atoms with E-state index < -0.39 is 6.29 Å². The molecule has 0 aromatic heterocycles. The van der Waals surface area contributed by atoms with E-state index in [4.69, 9.17) is 9.47 Å². The topological polar surface area (TPSA) is 71.0 Å². The first-order valence-corrected chi connectivity index (χ1v) is 23.5. The number of likely N-dealkylation sites (N-methyl/N-ethyl adjacent to an activating group) is 1. The molecular formula is C56H68N2O4. The Bertz CT molecular complexity index is 2220. The van der Waals surface area contributed by atoms with Gasteiger partial charge in [-0.2, -0.15) is 0 Å². The molecule has 326 valence electrons. The normalized spacial score (nSPS) is 17.8. The number of hydrogen-bond donors (Lipinski definition) is 2. The fourth-order valence-corrected chi connectivity index (χ4v) is 9.38. The molecule has 1 fully saturated rings. The Kier molecular flexibility index (Phi) is 17.2. The van der Waals surface area contributed by atoms with Crippen LogP contribution in [0.3, 0.4) is 0 Å². The molecule has 0 bridgehead atoms. The van der Waals surface area contributed by atoms with Crippen molar-refractivity contribution in [2.24, 2.45) is 0 Å². The lowest BCUT2D eigenvalue weighted by atomic mass is 9.83. The minimum absolute atomic E-state index is 0.0200. The van der Waals surface area contributed by atoms with Crippen LogP contribution in [0.4, 0.5) is 5.69 Å². The van der Waals surface area contributed by atoms with E-state index in [2.05, 4.69) is 115 Å². The first kappa shape index (κ1) is 45.2. The van der Waals surface area contributed by atoms with Gasteiger partial charge < -0.3 is 19.9 Å². The van der Waals surface area contributed by atoms with Gasteiger partial charge in [0.05, 0.1) is 18.8 Å². The number of fused-ring (bicyclic) bond motifs is 2. The quantitative estimate of drug-likeness (QED) is 0.0497. The lowest BCUT2D eigenvalue weighted by molar-refractivity contribution is -0.263. The summed E-state index contributed by atoms with van der Waals surface area (Å²) in [5.74, 6) is -0.0792. The van der Waals surface area contributed by atoms with Crippen LogP contribution in [-0.2, 0) is 27.4 Å². The standard InChI is InChI=1S/C56H68N2O4/c1-3-4-5-6-7-8-9-10-11-12-13-14-18-32-53(60)57-48-29-23-28-47(38-48)56-61-52(54(43-24-16-15-17-25-43)55(62-56)44-35-33-42(41-59)34-36-44)40-58(2)39-51-49-30-21-19-26-45(49)37-46-27-20-22-31-50(46)51/h15-17,19-31,33-38,52,54-56,59H,3-14,18,32,39-41H2,1-2H3,(H,57,60). The van der Waals surface area contributed by atoms with E-state index in [-0.39, 0.29) is 30.6 Å². The minimum atomic E-state index is -0.674. The number of aliphatic hydroxyl groups is 1. The molecule has 0 spiro atoms. The second kappa shape index (κ2) is 23.6. The highest BCUT2D eigenvalue weighted by atomic mass is 16.7. The maximum atomic E-state index is 13.2. The van der Waals surface area contributed by atoms with Gasteiger partial charge in [0.15, 0.2) is 6.29 Å². The van der Waals surface area contributed by atoms with Crippen molar-refractivity contribution in [3.8, 4) is 0 Å². The molecule has 4 unspecified atom stereocenters. The predicted molar refractivity (Wildman–Crippen MR) is 256 cm³/mol. The van der Waals surface area contributed by atoms with Crippen LogP contribution in [-0.4, -0.2) is 35.6 Å². The van der Waals surface area contributed by atoms with Crippen molar-refractivity contribution in [2.75, 3.05) is 18.9 Å². The van der Waals surface area contributed by atoms with E-state index in [1.54, 1.807) is 0 Å². The number of nitrogens with one attached hydrogen (secondary N) is 1. The van der Waals surface area contributed by atoms with E-state index in [9.17, 15) is 9.90 Å². The van der Waals surface area contributed by atoms with Crippen molar-refractivity contribution in [3.05, 3.63) is 161 Å². The monoisotopic (exact) mass is 833 g/mol. The number of anilines is 1. The number of hydrogen-bond acceptors (Lipinski definition) is 5. The third kappa shape index (κ3) is 12.4. The molecule has 1 heterocycles. The van der Waals surface area contributed by atoms with Crippen LogP contribution < -0.4 is 5.32 Å².